The average Bonchev–Trinajstić information content (AvgIpc) is 3.29. The summed E-state index contributed by atoms with van der Waals surface area (Å²) in [6, 6.07) is 11.8. The van der Waals surface area contributed by atoms with E-state index >= 15 is 0 Å². The average molecular weight is 382 g/mol. The Kier molecular flexibility index (Phi) is 4.80. The standard InChI is InChI=1S/C20H22N4O2S/c1-23(2)20(26)15-9-6-10-24(15)12-17-21-18(25)14-11-16(27-19(14)22-17)13-7-4-3-5-8-13/h3-5,7-8,11,15H,6,9-10,12H2,1-2H3,(H,21,22,25)/t15-/m1/s1. The maximum atomic E-state index is 12.6. The molecule has 140 valence electrons. The number of amides is 1. The molecule has 1 amide bonds. The number of carbonyl (C=O) groups is 1. The molecule has 0 aliphatic carbocycles. The van der Waals surface area contributed by atoms with Crippen LogP contribution in [0.3, 0.4) is 0 Å². The van der Waals surface area contributed by atoms with Crippen molar-refractivity contribution in [1.29, 1.82) is 0 Å². The van der Waals surface area contributed by atoms with Gasteiger partial charge in [0, 0.05) is 19.0 Å². The molecule has 2 aromatic heterocycles. The Morgan fingerprint density at radius 1 is 1.33 bits per heavy atom. The van der Waals surface area contributed by atoms with Crippen molar-refractivity contribution in [3.8, 4) is 10.4 Å². The van der Waals surface area contributed by atoms with Crippen LogP contribution < -0.4 is 5.56 Å². The lowest BCUT2D eigenvalue weighted by molar-refractivity contribution is -0.133. The van der Waals surface area contributed by atoms with E-state index < -0.39 is 0 Å². The van der Waals surface area contributed by atoms with Gasteiger partial charge >= 0.3 is 0 Å². The second kappa shape index (κ2) is 7.25. The van der Waals surface area contributed by atoms with Crippen LogP contribution in [0.15, 0.2) is 41.2 Å². The fourth-order valence-corrected chi connectivity index (χ4v) is 4.64. The van der Waals surface area contributed by atoms with E-state index in [-0.39, 0.29) is 17.5 Å². The van der Waals surface area contributed by atoms with Gasteiger partial charge < -0.3 is 9.88 Å². The number of benzene rings is 1. The van der Waals surface area contributed by atoms with E-state index in [0.717, 1.165) is 34.7 Å². The van der Waals surface area contributed by atoms with Crippen molar-refractivity contribution in [2.75, 3.05) is 20.6 Å². The van der Waals surface area contributed by atoms with Crippen molar-refractivity contribution >= 4 is 27.5 Å². The number of hydrogen-bond acceptors (Lipinski definition) is 5. The molecule has 0 unspecified atom stereocenters. The van der Waals surface area contributed by atoms with Crippen molar-refractivity contribution in [3.63, 3.8) is 0 Å². The molecule has 1 aromatic carbocycles. The zero-order valence-corrected chi connectivity index (χ0v) is 16.3. The molecule has 3 aromatic rings. The number of H-pyrrole nitrogens is 1. The second-order valence-corrected chi connectivity index (χ2v) is 8.10. The monoisotopic (exact) mass is 382 g/mol. The number of nitrogens with one attached hydrogen (secondary N) is 1. The molecule has 1 aliphatic rings. The molecular formula is C20H22N4O2S. The molecule has 0 spiro atoms. The maximum Gasteiger partial charge on any atom is 0.259 e. The van der Waals surface area contributed by atoms with Crippen molar-refractivity contribution in [2.24, 2.45) is 0 Å². The van der Waals surface area contributed by atoms with Crippen LogP contribution in [0.1, 0.15) is 18.7 Å². The zero-order chi connectivity index (χ0) is 19.0. The first-order valence-electron chi connectivity index (χ1n) is 9.06. The first-order valence-corrected chi connectivity index (χ1v) is 9.88. The molecule has 0 bridgehead atoms. The quantitative estimate of drug-likeness (QED) is 0.753. The van der Waals surface area contributed by atoms with Gasteiger partial charge in [-0.25, -0.2) is 4.98 Å². The van der Waals surface area contributed by atoms with E-state index in [2.05, 4.69) is 14.9 Å². The van der Waals surface area contributed by atoms with Gasteiger partial charge in [0.05, 0.1) is 18.0 Å². The third-order valence-corrected chi connectivity index (χ3v) is 6.03. The molecule has 7 heteroatoms. The lowest BCUT2D eigenvalue weighted by Crippen LogP contribution is -2.42. The summed E-state index contributed by atoms with van der Waals surface area (Å²) in [5.74, 6) is 0.728. The fourth-order valence-electron chi connectivity index (χ4n) is 3.58. The fraction of sp³-hybridized carbons (Fsp3) is 0.350. The van der Waals surface area contributed by atoms with Crippen LogP contribution >= 0.6 is 11.3 Å². The minimum absolute atomic E-state index is 0.110. The van der Waals surface area contributed by atoms with Crippen molar-refractivity contribution in [2.45, 2.75) is 25.4 Å². The number of likely N-dealkylation sites (tertiary alicyclic amines) is 1. The number of likely N-dealkylation sites (N-methyl/N-ethyl adjacent to an activating group) is 1. The van der Waals surface area contributed by atoms with E-state index in [0.29, 0.717) is 17.8 Å². The maximum absolute atomic E-state index is 12.6. The number of aromatic amines is 1. The molecule has 1 atom stereocenters. The molecule has 27 heavy (non-hydrogen) atoms. The zero-order valence-electron chi connectivity index (χ0n) is 15.4. The van der Waals surface area contributed by atoms with E-state index in [1.54, 1.807) is 19.0 Å². The molecule has 1 N–H and O–H groups in total. The Morgan fingerprint density at radius 2 is 2.11 bits per heavy atom. The Bertz CT molecular complexity index is 1030. The number of rotatable bonds is 4. The van der Waals surface area contributed by atoms with Crippen LogP contribution in [-0.4, -0.2) is 52.4 Å². The van der Waals surface area contributed by atoms with Crippen LogP contribution in [0.5, 0.6) is 0 Å². The second-order valence-electron chi connectivity index (χ2n) is 7.07. The number of thiophene rings is 1. The Labute approximate surface area is 161 Å². The first-order chi connectivity index (χ1) is 13.0. The number of nitrogens with zero attached hydrogens (tertiary/aromatic N) is 3. The number of aromatic nitrogens is 2. The van der Waals surface area contributed by atoms with Crippen molar-refractivity contribution in [3.05, 3.63) is 52.6 Å². The highest BCUT2D eigenvalue weighted by atomic mass is 32.1. The summed E-state index contributed by atoms with van der Waals surface area (Å²) in [6.07, 6.45) is 1.83. The van der Waals surface area contributed by atoms with Gasteiger partial charge in [0.2, 0.25) is 5.91 Å². The third kappa shape index (κ3) is 3.52. The molecule has 3 heterocycles. The van der Waals surface area contributed by atoms with Crippen LogP contribution in [0.4, 0.5) is 0 Å². The normalized spacial score (nSPS) is 17.5. The Hall–Kier alpha value is -2.51. The van der Waals surface area contributed by atoms with Crippen molar-refractivity contribution < 1.29 is 4.79 Å². The van der Waals surface area contributed by atoms with E-state index in [1.165, 1.54) is 11.3 Å². The first kappa shape index (κ1) is 17.9. The predicted octanol–water partition coefficient (Wildman–Crippen LogP) is 2.70. The molecule has 4 rings (SSSR count). The minimum Gasteiger partial charge on any atom is -0.347 e. The largest absolute Gasteiger partial charge is 0.347 e. The van der Waals surface area contributed by atoms with Crippen molar-refractivity contribution in [1.82, 2.24) is 19.8 Å². The molecule has 1 aliphatic heterocycles. The summed E-state index contributed by atoms with van der Waals surface area (Å²) in [7, 11) is 3.56. The Morgan fingerprint density at radius 3 is 2.85 bits per heavy atom. The Balaban J connectivity index is 1.63. The minimum atomic E-state index is -0.135. The van der Waals surface area contributed by atoms with Gasteiger partial charge in [0.15, 0.2) is 0 Å². The van der Waals surface area contributed by atoms with Crippen LogP contribution in [0, 0.1) is 0 Å². The number of fused-ring (bicyclic) bond motifs is 1. The van der Waals surface area contributed by atoms with Gasteiger partial charge in [0.25, 0.3) is 5.56 Å². The summed E-state index contributed by atoms with van der Waals surface area (Å²) in [4.78, 5) is 38.0. The summed E-state index contributed by atoms with van der Waals surface area (Å²) in [5.41, 5.74) is 0.959. The highest BCUT2D eigenvalue weighted by molar-refractivity contribution is 7.21. The number of hydrogen-bond donors (Lipinski definition) is 1. The molecule has 0 saturated carbocycles. The van der Waals surface area contributed by atoms with Gasteiger partial charge in [-0.05, 0) is 31.0 Å². The topological polar surface area (TPSA) is 69.3 Å². The van der Waals surface area contributed by atoms with E-state index in [4.69, 9.17) is 0 Å². The van der Waals surface area contributed by atoms with Gasteiger partial charge in [-0.1, -0.05) is 30.3 Å². The molecule has 6 nitrogen and oxygen atoms in total. The SMILES string of the molecule is CN(C)C(=O)[C@H]1CCCN1Cc1nc2sc(-c3ccccc3)cc2c(=O)[nH]1. The smallest absolute Gasteiger partial charge is 0.259 e. The van der Waals surface area contributed by atoms with Crippen LogP contribution in [0.2, 0.25) is 0 Å². The van der Waals surface area contributed by atoms with E-state index in [1.807, 2.05) is 36.4 Å². The highest BCUT2D eigenvalue weighted by Crippen LogP contribution is 2.31. The molecule has 0 radical (unpaired) electrons. The summed E-state index contributed by atoms with van der Waals surface area (Å²) >= 11 is 1.52. The summed E-state index contributed by atoms with van der Waals surface area (Å²) < 4.78 is 0. The third-order valence-electron chi connectivity index (χ3n) is 4.95. The van der Waals surface area contributed by atoms with Gasteiger partial charge in [-0.2, -0.15) is 0 Å². The molecule has 1 saturated heterocycles. The number of carbonyl (C=O) groups excluding carboxylic acids is 1. The van der Waals surface area contributed by atoms with Crippen LogP contribution in [-0.2, 0) is 11.3 Å². The summed E-state index contributed by atoms with van der Waals surface area (Å²) in [6.45, 7) is 1.32. The molecular weight excluding hydrogens is 360 g/mol. The lowest BCUT2D eigenvalue weighted by atomic mass is 10.2. The molecule has 1 fully saturated rings. The summed E-state index contributed by atoms with van der Waals surface area (Å²) in [5, 5.41) is 0.616. The lowest BCUT2D eigenvalue weighted by Gasteiger charge is -2.25. The van der Waals surface area contributed by atoms with Gasteiger partial charge in [-0.3, -0.25) is 14.5 Å². The van der Waals surface area contributed by atoms with Gasteiger partial charge in [-0.15, -0.1) is 11.3 Å². The van der Waals surface area contributed by atoms with Gasteiger partial charge in [0.1, 0.15) is 10.7 Å². The van der Waals surface area contributed by atoms with E-state index in [9.17, 15) is 9.59 Å². The van der Waals surface area contributed by atoms with Crippen LogP contribution in [0.25, 0.3) is 20.7 Å². The highest BCUT2D eigenvalue weighted by Gasteiger charge is 2.32. The predicted molar refractivity (Wildman–Crippen MR) is 108 cm³/mol.